The topological polar surface area (TPSA) is 63.2 Å². The van der Waals surface area contributed by atoms with Crippen molar-refractivity contribution in [2.24, 2.45) is 0 Å². The van der Waals surface area contributed by atoms with Crippen LogP contribution in [0.3, 0.4) is 0 Å². The number of hydrogen-bond acceptors (Lipinski definition) is 3. The first-order valence-electron chi connectivity index (χ1n) is 3.09. The van der Waals surface area contributed by atoms with Crippen molar-refractivity contribution < 1.29 is 73.5 Å². The van der Waals surface area contributed by atoms with Gasteiger partial charge in [-0.2, -0.15) is 0 Å². The molecular formula is C6H13Na2O3P. The van der Waals surface area contributed by atoms with Crippen LogP contribution in [-0.4, -0.2) is 0 Å². The van der Waals surface area contributed by atoms with E-state index in [0.717, 1.165) is 12.8 Å². The zero-order valence-corrected chi connectivity index (χ0v) is 13.3. The summed E-state index contributed by atoms with van der Waals surface area (Å²) in [4.78, 5) is 17.0. The van der Waals surface area contributed by atoms with Crippen molar-refractivity contribution in [3.63, 3.8) is 0 Å². The molecule has 0 spiro atoms. The second-order valence-electron chi connectivity index (χ2n) is 1.71. The Kier molecular flexibility index (Phi) is 36.6. The third-order valence-corrected chi connectivity index (χ3v) is 1.000. The van der Waals surface area contributed by atoms with E-state index in [4.69, 9.17) is 14.4 Å². The van der Waals surface area contributed by atoms with Crippen LogP contribution >= 0.6 is 8.25 Å². The molecule has 0 bridgehead atoms. The van der Waals surface area contributed by atoms with Crippen molar-refractivity contribution in [1.29, 1.82) is 0 Å². The van der Waals surface area contributed by atoms with Gasteiger partial charge in [0.15, 0.2) is 0 Å². The van der Waals surface area contributed by atoms with Crippen LogP contribution in [0.1, 0.15) is 26.7 Å². The van der Waals surface area contributed by atoms with Crippen LogP contribution < -0.4 is 68.9 Å². The molecule has 3 nitrogen and oxygen atoms in total. The van der Waals surface area contributed by atoms with Gasteiger partial charge in [0.05, 0.1) is 0 Å². The van der Waals surface area contributed by atoms with Crippen molar-refractivity contribution in [3.05, 3.63) is 12.2 Å². The Labute approximate surface area is 119 Å². The Morgan fingerprint density at radius 1 is 1.25 bits per heavy atom. The minimum Gasteiger partial charge on any atom is -0.813 e. The van der Waals surface area contributed by atoms with Gasteiger partial charge in [0.25, 0.3) is 0 Å². The number of hydrogen-bond donors (Lipinski definition) is 0. The molecule has 62 valence electrons. The average Bonchev–Trinajstić information content (AvgIpc) is 1.85. The van der Waals surface area contributed by atoms with Gasteiger partial charge in [-0.25, -0.2) is 0 Å². The van der Waals surface area contributed by atoms with Crippen molar-refractivity contribution in [3.8, 4) is 0 Å². The molecule has 0 fully saturated rings. The van der Waals surface area contributed by atoms with Crippen LogP contribution in [0.4, 0.5) is 0 Å². The maximum Gasteiger partial charge on any atom is 1.00 e. The zero-order valence-electron chi connectivity index (χ0n) is 8.35. The van der Waals surface area contributed by atoms with E-state index in [-0.39, 0.29) is 59.1 Å². The van der Waals surface area contributed by atoms with Crippen LogP contribution in [0.15, 0.2) is 12.2 Å². The largest absolute Gasteiger partial charge is 1.00 e. The molecule has 0 aromatic rings. The van der Waals surface area contributed by atoms with Crippen molar-refractivity contribution in [1.82, 2.24) is 0 Å². The van der Waals surface area contributed by atoms with Crippen LogP contribution in [0, 0.1) is 0 Å². The average molecular weight is 210 g/mol. The first-order valence-corrected chi connectivity index (χ1v) is 4.31. The van der Waals surface area contributed by atoms with E-state index < -0.39 is 8.25 Å². The van der Waals surface area contributed by atoms with Crippen LogP contribution in [0.25, 0.3) is 0 Å². The van der Waals surface area contributed by atoms with Crippen LogP contribution in [-0.2, 0) is 4.57 Å². The molecule has 6 heteroatoms. The Hall–Kier alpha value is 1.89. The quantitative estimate of drug-likeness (QED) is 0.259. The van der Waals surface area contributed by atoms with E-state index in [2.05, 4.69) is 20.4 Å². The van der Waals surface area contributed by atoms with E-state index >= 15 is 0 Å². The van der Waals surface area contributed by atoms with E-state index in [1.54, 1.807) is 0 Å². The van der Waals surface area contributed by atoms with E-state index in [1.807, 2.05) is 0 Å². The molecule has 0 rings (SSSR count). The summed E-state index contributed by atoms with van der Waals surface area (Å²) < 4.78 is 8.52. The molecule has 12 heavy (non-hydrogen) atoms. The van der Waals surface area contributed by atoms with Gasteiger partial charge in [0.2, 0.25) is 0 Å². The van der Waals surface area contributed by atoms with E-state index in [1.165, 1.54) is 5.57 Å². The second kappa shape index (κ2) is 18.6. The molecule has 0 amide bonds. The molecule has 0 saturated heterocycles. The summed E-state index contributed by atoms with van der Waals surface area (Å²) in [5.41, 5.74) is 1.34. The maximum absolute atomic E-state index is 8.52. The third-order valence-electron chi connectivity index (χ3n) is 1.000. The van der Waals surface area contributed by atoms with Gasteiger partial charge in [-0.05, 0) is 12.8 Å². The second-order valence-corrected chi connectivity index (χ2v) is 2.21. The predicted molar refractivity (Wildman–Crippen MR) is 38.7 cm³/mol. The van der Waals surface area contributed by atoms with Gasteiger partial charge in [0.1, 0.15) is 0 Å². The van der Waals surface area contributed by atoms with Crippen molar-refractivity contribution in [2.45, 2.75) is 26.7 Å². The molecule has 0 aliphatic rings. The van der Waals surface area contributed by atoms with Crippen molar-refractivity contribution in [2.75, 3.05) is 0 Å². The fourth-order valence-electron chi connectivity index (χ4n) is 0.250. The first-order chi connectivity index (χ1) is 4.54. The third kappa shape index (κ3) is 40.6. The molecule has 0 aliphatic carbocycles. The molecule has 0 heterocycles. The molecule has 0 unspecified atom stereocenters. The van der Waals surface area contributed by atoms with Crippen molar-refractivity contribution >= 4 is 8.25 Å². The predicted octanol–water partition coefficient (Wildman–Crippen LogP) is -5.53. The van der Waals surface area contributed by atoms with Gasteiger partial charge >= 0.3 is 59.1 Å². The van der Waals surface area contributed by atoms with Crippen LogP contribution in [0.2, 0.25) is 0 Å². The van der Waals surface area contributed by atoms with Gasteiger partial charge in [-0.1, -0.05) is 34.3 Å². The standard InChI is InChI=1S/C6H12.2Na.H3O3P/c1-4-6(3)5-2;;;1-4(2)3/h3-5H2,1-2H3;;;4H,(H2,1,2,3)/q;2*+1;/p-2. The summed E-state index contributed by atoms with van der Waals surface area (Å²) in [5.74, 6) is 0. The normalized spacial score (nSPS) is 7.08. The molecule has 0 aromatic carbocycles. The molecular weight excluding hydrogens is 197 g/mol. The minimum absolute atomic E-state index is 0. The summed E-state index contributed by atoms with van der Waals surface area (Å²) in [6.45, 7) is 8.05. The molecule has 0 aliphatic heterocycles. The summed E-state index contributed by atoms with van der Waals surface area (Å²) in [6.07, 6.45) is 2.27. The van der Waals surface area contributed by atoms with Crippen LogP contribution in [0.5, 0.6) is 0 Å². The Bertz CT molecular complexity index is 109. The minimum atomic E-state index is -3.63. The molecule has 0 radical (unpaired) electrons. The molecule has 0 aromatic heterocycles. The summed E-state index contributed by atoms with van der Waals surface area (Å²) in [7, 11) is -3.63. The monoisotopic (exact) mass is 210 g/mol. The first kappa shape index (κ1) is 23.6. The smallest absolute Gasteiger partial charge is 0.813 e. The fourth-order valence-corrected chi connectivity index (χ4v) is 0.250. The van der Waals surface area contributed by atoms with E-state index in [9.17, 15) is 0 Å². The van der Waals surface area contributed by atoms with Gasteiger partial charge in [-0.3, -0.25) is 0 Å². The van der Waals surface area contributed by atoms with Gasteiger partial charge in [0, 0.05) is 0 Å². The Morgan fingerprint density at radius 2 is 1.42 bits per heavy atom. The zero-order chi connectivity index (χ0) is 8.57. The van der Waals surface area contributed by atoms with E-state index in [0.29, 0.717) is 0 Å². The summed E-state index contributed by atoms with van der Waals surface area (Å²) >= 11 is 0. The summed E-state index contributed by atoms with van der Waals surface area (Å²) in [6, 6.07) is 0. The fraction of sp³-hybridized carbons (Fsp3) is 0.667. The Balaban J connectivity index is -0.0000000483. The van der Waals surface area contributed by atoms with Gasteiger partial charge < -0.3 is 14.4 Å². The molecule has 0 atom stereocenters. The Morgan fingerprint density at radius 3 is 1.42 bits per heavy atom. The number of allylic oxidation sites excluding steroid dienone is 1. The summed E-state index contributed by atoms with van der Waals surface area (Å²) in [5, 5.41) is 0. The number of rotatable bonds is 2. The molecule has 0 N–H and O–H groups in total. The molecule has 0 saturated carbocycles. The van der Waals surface area contributed by atoms with Gasteiger partial charge in [-0.15, -0.1) is 0 Å². The maximum atomic E-state index is 8.52. The SMILES string of the molecule is C=C(CC)CC.O=[PH]([O-])[O-].[Na+].[Na+].